The van der Waals surface area contributed by atoms with Crippen LogP contribution >= 0.6 is 0 Å². The zero-order chi connectivity index (χ0) is 23.9. The first-order valence-electron chi connectivity index (χ1n) is 11.3. The Kier molecular flexibility index (Phi) is 7.52. The summed E-state index contributed by atoms with van der Waals surface area (Å²) in [6, 6.07) is 21.9. The maximum absolute atomic E-state index is 13.2. The molecule has 0 saturated carbocycles. The number of anilines is 1. The Morgan fingerprint density at radius 1 is 0.941 bits per heavy atom. The molecule has 4 rings (SSSR count). The third kappa shape index (κ3) is 5.25. The highest BCUT2D eigenvalue weighted by molar-refractivity contribution is 6.11. The molecule has 0 atom stereocenters. The van der Waals surface area contributed by atoms with Crippen LogP contribution < -0.4 is 10.7 Å². The number of carbonyl (C=O) groups is 1. The van der Waals surface area contributed by atoms with Crippen molar-refractivity contribution in [2.75, 3.05) is 25.1 Å². The average molecular weight is 458 g/mol. The van der Waals surface area contributed by atoms with E-state index in [4.69, 9.17) is 13.9 Å². The number of hydrogen-bond donors (Lipinski definition) is 1. The molecule has 0 bridgehead atoms. The molecule has 4 aromatic rings. The van der Waals surface area contributed by atoms with Crippen molar-refractivity contribution in [3.8, 4) is 11.3 Å². The lowest BCUT2D eigenvalue weighted by atomic mass is 10.0. The van der Waals surface area contributed by atoms with Crippen molar-refractivity contribution >= 4 is 22.6 Å². The van der Waals surface area contributed by atoms with Crippen molar-refractivity contribution in [3.63, 3.8) is 0 Å². The molecule has 174 valence electrons. The molecule has 1 aromatic heterocycles. The van der Waals surface area contributed by atoms with Crippen LogP contribution in [0.4, 0.5) is 5.69 Å². The molecule has 6 nitrogen and oxygen atoms in total. The van der Waals surface area contributed by atoms with Gasteiger partial charge >= 0.3 is 0 Å². The third-order valence-electron chi connectivity index (χ3n) is 5.46. The third-order valence-corrected chi connectivity index (χ3v) is 5.46. The highest BCUT2D eigenvalue weighted by Gasteiger charge is 2.18. The summed E-state index contributed by atoms with van der Waals surface area (Å²) in [4.78, 5) is 26.2. The Hall–Kier alpha value is -3.74. The van der Waals surface area contributed by atoms with Crippen LogP contribution in [0.25, 0.3) is 22.3 Å². The van der Waals surface area contributed by atoms with Crippen LogP contribution in [0, 0.1) is 6.92 Å². The predicted molar refractivity (Wildman–Crippen MR) is 133 cm³/mol. The van der Waals surface area contributed by atoms with Crippen LogP contribution in [-0.4, -0.2) is 25.7 Å². The van der Waals surface area contributed by atoms with Crippen LogP contribution in [0.2, 0.25) is 0 Å². The molecule has 6 heteroatoms. The van der Waals surface area contributed by atoms with E-state index in [2.05, 4.69) is 5.32 Å². The lowest BCUT2D eigenvalue weighted by Gasteiger charge is -2.11. The minimum Gasteiger partial charge on any atom is -0.455 e. The Morgan fingerprint density at radius 2 is 1.71 bits per heavy atom. The van der Waals surface area contributed by atoms with Gasteiger partial charge in [0, 0.05) is 23.4 Å². The van der Waals surface area contributed by atoms with Crippen LogP contribution in [-0.2, 0) is 16.1 Å². The van der Waals surface area contributed by atoms with Gasteiger partial charge in [-0.05, 0) is 43.7 Å². The quantitative estimate of drug-likeness (QED) is 0.332. The van der Waals surface area contributed by atoms with E-state index in [0.29, 0.717) is 54.4 Å². The van der Waals surface area contributed by atoms with Crippen molar-refractivity contribution in [1.29, 1.82) is 0 Å². The van der Waals surface area contributed by atoms with Crippen molar-refractivity contribution in [1.82, 2.24) is 0 Å². The molecule has 34 heavy (non-hydrogen) atoms. The van der Waals surface area contributed by atoms with Crippen molar-refractivity contribution in [2.24, 2.45) is 0 Å². The van der Waals surface area contributed by atoms with E-state index in [9.17, 15) is 9.59 Å². The van der Waals surface area contributed by atoms with Gasteiger partial charge in [0.05, 0.1) is 30.8 Å². The van der Waals surface area contributed by atoms with E-state index in [1.807, 2.05) is 61.5 Å². The van der Waals surface area contributed by atoms with E-state index < -0.39 is 0 Å². The lowest BCUT2D eigenvalue weighted by Crippen LogP contribution is -2.15. The maximum atomic E-state index is 13.2. The monoisotopic (exact) mass is 457 g/mol. The smallest absolute Gasteiger partial charge is 0.259 e. The lowest BCUT2D eigenvalue weighted by molar-refractivity contribution is 0.0453. The summed E-state index contributed by atoms with van der Waals surface area (Å²) in [7, 11) is 0. The number of hydrogen-bond acceptors (Lipinski definition) is 5. The highest BCUT2D eigenvalue weighted by Crippen LogP contribution is 2.27. The molecule has 0 aliphatic carbocycles. The van der Waals surface area contributed by atoms with Gasteiger partial charge in [-0.2, -0.15) is 0 Å². The molecule has 0 aliphatic heterocycles. The summed E-state index contributed by atoms with van der Waals surface area (Å²) in [5.41, 5.74) is 3.27. The first-order chi connectivity index (χ1) is 16.6. The summed E-state index contributed by atoms with van der Waals surface area (Å²) < 4.78 is 17.1. The van der Waals surface area contributed by atoms with Crippen LogP contribution in [0.5, 0.6) is 0 Å². The molecule has 1 heterocycles. The number of para-hydroxylation sites is 1. The van der Waals surface area contributed by atoms with Crippen LogP contribution in [0.15, 0.2) is 82.0 Å². The number of benzene rings is 3. The van der Waals surface area contributed by atoms with Gasteiger partial charge in [0.1, 0.15) is 5.76 Å². The molecule has 0 saturated heterocycles. The Labute approximate surface area is 198 Å². The van der Waals surface area contributed by atoms with E-state index in [0.717, 1.165) is 11.1 Å². The zero-order valence-electron chi connectivity index (χ0n) is 19.3. The number of nitrogens with one attached hydrogen (secondary N) is 1. The fourth-order valence-electron chi connectivity index (χ4n) is 3.74. The normalized spacial score (nSPS) is 11.0. The summed E-state index contributed by atoms with van der Waals surface area (Å²) in [5.74, 6) is 0.107. The number of rotatable bonds is 9. The molecule has 0 radical (unpaired) electrons. The minimum atomic E-state index is -0.356. The molecule has 1 amide bonds. The molecule has 0 aliphatic rings. The fraction of sp³-hybridized carbons (Fsp3) is 0.214. The van der Waals surface area contributed by atoms with Gasteiger partial charge in [0.15, 0.2) is 11.0 Å². The van der Waals surface area contributed by atoms with Gasteiger partial charge < -0.3 is 19.2 Å². The second-order valence-corrected chi connectivity index (χ2v) is 7.84. The van der Waals surface area contributed by atoms with Crippen LogP contribution in [0.3, 0.4) is 0 Å². The molecular weight excluding hydrogens is 430 g/mol. The van der Waals surface area contributed by atoms with Gasteiger partial charge in [-0.15, -0.1) is 0 Å². The van der Waals surface area contributed by atoms with Crippen molar-refractivity contribution in [2.45, 2.75) is 20.5 Å². The topological polar surface area (TPSA) is 77.8 Å². The first kappa shape index (κ1) is 23.4. The second kappa shape index (κ2) is 10.9. The molecule has 0 spiro atoms. The fourth-order valence-corrected chi connectivity index (χ4v) is 3.74. The van der Waals surface area contributed by atoms with Crippen molar-refractivity contribution < 1.29 is 18.7 Å². The van der Waals surface area contributed by atoms with Gasteiger partial charge in [0.2, 0.25) is 0 Å². The van der Waals surface area contributed by atoms with E-state index in [1.165, 1.54) is 0 Å². The summed E-state index contributed by atoms with van der Waals surface area (Å²) in [6.45, 7) is 5.80. The second-order valence-electron chi connectivity index (χ2n) is 7.84. The van der Waals surface area contributed by atoms with Gasteiger partial charge in [-0.3, -0.25) is 9.59 Å². The molecule has 1 N–H and O–H groups in total. The first-order valence-corrected chi connectivity index (χ1v) is 11.3. The number of carbonyl (C=O) groups excluding carboxylic acids is 1. The number of fused-ring (bicyclic) bond motifs is 1. The Morgan fingerprint density at radius 3 is 2.50 bits per heavy atom. The minimum absolute atomic E-state index is 0.152. The van der Waals surface area contributed by atoms with E-state index in [-0.39, 0.29) is 16.9 Å². The Balaban J connectivity index is 1.60. The van der Waals surface area contributed by atoms with E-state index >= 15 is 0 Å². The molecule has 0 unspecified atom stereocenters. The summed E-state index contributed by atoms with van der Waals surface area (Å²) in [5, 5.41) is 3.29. The average Bonchev–Trinajstić information content (AvgIpc) is 2.86. The standard InChI is InChI=1S/C28H27NO5/c1-3-32-15-16-33-18-20-9-7-12-22(17-20)29-28(31)24-14-8-13-23-25(30)19(2)26(34-27(23)24)21-10-5-4-6-11-21/h4-14,17H,3,15-16,18H2,1-2H3,(H,29,31). The zero-order valence-corrected chi connectivity index (χ0v) is 19.3. The molecule has 0 fully saturated rings. The summed E-state index contributed by atoms with van der Waals surface area (Å²) >= 11 is 0. The van der Waals surface area contributed by atoms with Gasteiger partial charge in [-0.1, -0.05) is 48.5 Å². The van der Waals surface area contributed by atoms with Gasteiger partial charge in [0.25, 0.3) is 5.91 Å². The number of ether oxygens (including phenoxy) is 2. The summed E-state index contributed by atoms with van der Waals surface area (Å²) in [6.07, 6.45) is 0. The van der Waals surface area contributed by atoms with Crippen molar-refractivity contribution in [3.05, 3.63) is 99.7 Å². The van der Waals surface area contributed by atoms with Gasteiger partial charge in [-0.25, -0.2) is 0 Å². The molecule has 3 aromatic carbocycles. The predicted octanol–water partition coefficient (Wildman–Crippen LogP) is 5.57. The Bertz CT molecular complexity index is 1340. The van der Waals surface area contributed by atoms with Crippen LogP contribution in [0.1, 0.15) is 28.4 Å². The molecular formula is C28H27NO5. The SMILES string of the molecule is CCOCCOCc1cccc(NC(=O)c2cccc3c(=O)c(C)c(-c4ccccc4)oc23)c1. The highest BCUT2D eigenvalue weighted by atomic mass is 16.5. The number of amides is 1. The maximum Gasteiger partial charge on any atom is 0.259 e. The van der Waals surface area contributed by atoms with E-state index in [1.54, 1.807) is 25.1 Å². The largest absolute Gasteiger partial charge is 0.455 e.